The molecule has 0 aromatic rings. The maximum absolute atomic E-state index is 6.12. The van der Waals surface area contributed by atoms with Crippen LogP contribution in [0.3, 0.4) is 0 Å². The summed E-state index contributed by atoms with van der Waals surface area (Å²) in [5.41, 5.74) is 1.25. The quantitative estimate of drug-likeness (QED) is 0.675. The Hall–Kier alpha value is -0.400. The normalized spacial score (nSPS) is 21.2. The second-order valence-electron chi connectivity index (χ2n) is 5.27. The fraction of sp³-hybridized carbons (Fsp3) is 0.538. The molecular weight excluding hydrogens is 241 g/mol. The lowest BCUT2D eigenvalue weighted by Gasteiger charge is -2.31. The Kier molecular flexibility index (Phi) is 4.52. The zero-order valence-corrected chi connectivity index (χ0v) is 11.6. The number of allylic oxidation sites excluding steroid dienone is 3. The molecule has 3 heteroatoms. The molecule has 1 aliphatic carbocycles. The largest absolute Gasteiger partial charge is 0.348 e. The maximum atomic E-state index is 6.12. The van der Waals surface area contributed by atoms with Gasteiger partial charge in [-0.15, -0.1) is 11.6 Å². The summed E-state index contributed by atoms with van der Waals surface area (Å²) in [6.45, 7) is 11.3. The molecule has 1 unspecified atom stereocenters. The van der Waals surface area contributed by atoms with Crippen LogP contribution in [0.2, 0.25) is 0 Å². The molecule has 0 amide bonds. The van der Waals surface area contributed by atoms with Gasteiger partial charge < -0.3 is 4.90 Å². The van der Waals surface area contributed by atoms with E-state index in [-0.39, 0.29) is 10.8 Å². The molecule has 16 heavy (non-hydrogen) atoms. The Labute approximate surface area is 108 Å². The lowest BCUT2D eigenvalue weighted by atomic mass is 9.95. The van der Waals surface area contributed by atoms with Gasteiger partial charge in [0.2, 0.25) is 0 Å². The van der Waals surface area contributed by atoms with Crippen molar-refractivity contribution in [3.05, 3.63) is 35.7 Å². The number of halogens is 2. The van der Waals surface area contributed by atoms with E-state index in [1.54, 1.807) is 0 Å². The summed E-state index contributed by atoms with van der Waals surface area (Å²) < 4.78 is 0. The molecule has 0 aromatic carbocycles. The smallest absolute Gasteiger partial charge is 0.0587 e. The van der Waals surface area contributed by atoms with Crippen molar-refractivity contribution in [1.82, 2.24) is 4.90 Å². The van der Waals surface area contributed by atoms with Crippen molar-refractivity contribution in [1.29, 1.82) is 0 Å². The van der Waals surface area contributed by atoms with Gasteiger partial charge in [0, 0.05) is 23.7 Å². The number of alkyl halides is 1. The van der Waals surface area contributed by atoms with Crippen molar-refractivity contribution in [3.8, 4) is 0 Å². The average molecular weight is 260 g/mol. The highest BCUT2D eigenvalue weighted by Crippen LogP contribution is 2.28. The molecule has 0 spiro atoms. The molecule has 0 aliphatic heterocycles. The van der Waals surface area contributed by atoms with Crippen molar-refractivity contribution in [2.75, 3.05) is 6.54 Å². The van der Waals surface area contributed by atoms with Crippen molar-refractivity contribution in [2.24, 2.45) is 5.41 Å². The second-order valence-corrected chi connectivity index (χ2v) is 6.32. The van der Waals surface area contributed by atoms with Crippen LogP contribution < -0.4 is 0 Å². The predicted molar refractivity (Wildman–Crippen MR) is 72.6 cm³/mol. The standard InChI is InChI=1S/C13H19Cl2N/c1-5-16(9-13(2,3)4)12-7-10(14)6-11(15)8-12/h5,7-8,10H,1,6,9H2,2-4H3. The first-order valence-corrected chi connectivity index (χ1v) is 6.24. The van der Waals surface area contributed by atoms with Crippen molar-refractivity contribution >= 4 is 23.2 Å². The molecule has 1 aliphatic rings. The fourth-order valence-corrected chi connectivity index (χ4v) is 2.30. The van der Waals surface area contributed by atoms with Crippen LogP contribution in [0, 0.1) is 5.41 Å². The SMILES string of the molecule is C=CN(CC(C)(C)C)C1=CC(Cl)CC(Cl)=C1. The van der Waals surface area contributed by atoms with E-state index >= 15 is 0 Å². The zero-order valence-electron chi connectivity index (χ0n) is 10.1. The van der Waals surface area contributed by atoms with Crippen LogP contribution >= 0.6 is 23.2 Å². The Morgan fingerprint density at radius 3 is 2.62 bits per heavy atom. The minimum Gasteiger partial charge on any atom is -0.348 e. The van der Waals surface area contributed by atoms with E-state index in [4.69, 9.17) is 23.2 Å². The first-order valence-electron chi connectivity index (χ1n) is 5.43. The number of nitrogens with zero attached hydrogens (tertiary/aromatic N) is 1. The Balaban J connectivity index is 2.85. The average Bonchev–Trinajstić information content (AvgIpc) is 2.11. The van der Waals surface area contributed by atoms with Crippen LogP contribution in [-0.2, 0) is 0 Å². The number of rotatable bonds is 3. The van der Waals surface area contributed by atoms with Gasteiger partial charge in [-0.2, -0.15) is 0 Å². The van der Waals surface area contributed by atoms with E-state index < -0.39 is 0 Å². The molecule has 0 N–H and O–H groups in total. The topological polar surface area (TPSA) is 3.24 Å². The van der Waals surface area contributed by atoms with Crippen LogP contribution in [-0.4, -0.2) is 16.8 Å². The highest BCUT2D eigenvalue weighted by molar-refractivity contribution is 6.31. The molecule has 0 radical (unpaired) electrons. The Morgan fingerprint density at radius 1 is 1.56 bits per heavy atom. The van der Waals surface area contributed by atoms with Gasteiger partial charge in [-0.25, -0.2) is 0 Å². The van der Waals surface area contributed by atoms with Gasteiger partial charge in [0.15, 0.2) is 0 Å². The van der Waals surface area contributed by atoms with E-state index in [9.17, 15) is 0 Å². The summed E-state index contributed by atoms with van der Waals surface area (Å²) in [5, 5.41) is 0.785. The van der Waals surface area contributed by atoms with E-state index in [1.165, 1.54) is 0 Å². The van der Waals surface area contributed by atoms with Gasteiger partial charge in [0.1, 0.15) is 0 Å². The molecule has 0 bridgehead atoms. The molecule has 0 saturated heterocycles. The zero-order chi connectivity index (χ0) is 12.3. The molecule has 1 rings (SSSR count). The Bertz CT molecular complexity index is 323. The minimum atomic E-state index is -0.0186. The molecule has 0 fully saturated rings. The molecule has 1 nitrogen and oxygen atoms in total. The summed E-state index contributed by atoms with van der Waals surface area (Å²) in [6.07, 6.45) is 6.54. The molecule has 0 heterocycles. The van der Waals surface area contributed by atoms with Crippen LogP contribution in [0.1, 0.15) is 27.2 Å². The van der Waals surface area contributed by atoms with Gasteiger partial charge in [-0.05, 0) is 23.8 Å². The third kappa shape index (κ3) is 4.23. The minimum absolute atomic E-state index is 0.0186. The number of hydrogen-bond donors (Lipinski definition) is 0. The van der Waals surface area contributed by atoms with Crippen LogP contribution in [0.15, 0.2) is 35.7 Å². The first-order chi connectivity index (χ1) is 7.31. The van der Waals surface area contributed by atoms with Gasteiger partial charge in [0.25, 0.3) is 0 Å². The van der Waals surface area contributed by atoms with E-state index in [0.717, 1.165) is 17.3 Å². The molecule has 0 aromatic heterocycles. The number of hydrogen-bond acceptors (Lipinski definition) is 1. The molecule has 1 atom stereocenters. The first kappa shape index (κ1) is 13.7. The second kappa shape index (κ2) is 5.29. The van der Waals surface area contributed by atoms with E-state index in [0.29, 0.717) is 6.42 Å². The molecular formula is C13H19Cl2N. The third-order valence-corrected chi connectivity index (χ3v) is 2.79. The van der Waals surface area contributed by atoms with Gasteiger partial charge in [-0.3, -0.25) is 0 Å². The monoisotopic (exact) mass is 259 g/mol. The van der Waals surface area contributed by atoms with Crippen molar-refractivity contribution in [3.63, 3.8) is 0 Å². The van der Waals surface area contributed by atoms with Gasteiger partial charge in [-0.1, -0.05) is 39.0 Å². The van der Waals surface area contributed by atoms with Gasteiger partial charge in [0.05, 0.1) is 5.38 Å². The lowest BCUT2D eigenvalue weighted by Crippen LogP contribution is -2.28. The summed E-state index contributed by atoms with van der Waals surface area (Å²) >= 11 is 12.2. The van der Waals surface area contributed by atoms with Crippen LogP contribution in [0.25, 0.3) is 0 Å². The van der Waals surface area contributed by atoms with E-state index in [2.05, 4.69) is 32.3 Å². The molecule has 90 valence electrons. The predicted octanol–water partition coefficient (Wildman–Crippen LogP) is 4.50. The van der Waals surface area contributed by atoms with Crippen LogP contribution in [0.4, 0.5) is 0 Å². The lowest BCUT2D eigenvalue weighted by molar-refractivity contribution is 0.295. The highest BCUT2D eigenvalue weighted by atomic mass is 35.5. The summed E-state index contributed by atoms with van der Waals surface area (Å²) in [6, 6.07) is 0. The maximum Gasteiger partial charge on any atom is 0.0587 e. The fourth-order valence-electron chi connectivity index (χ4n) is 1.65. The Morgan fingerprint density at radius 2 is 2.19 bits per heavy atom. The summed E-state index contributed by atoms with van der Waals surface area (Å²) in [7, 11) is 0. The van der Waals surface area contributed by atoms with Crippen LogP contribution in [0.5, 0.6) is 0 Å². The highest BCUT2D eigenvalue weighted by Gasteiger charge is 2.19. The van der Waals surface area contributed by atoms with Gasteiger partial charge >= 0.3 is 0 Å². The molecule has 0 saturated carbocycles. The summed E-state index contributed by atoms with van der Waals surface area (Å²) in [4.78, 5) is 2.09. The van der Waals surface area contributed by atoms with Crippen molar-refractivity contribution in [2.45, 2.75) is 32.6 Å². The van der Waals surface area contributed by atoms with E-state index in [1.807, 2.05) is 18.4 Å². The third-order valence-electron chi connectivity index (χ3n) is 2.24. The van der Waals surface area contributed by atoms with Crippen molar-refractivity contribution < 1.29 is 0 Å². The summed E-state index contributed by atoms with van der Waals surface area (Å²) in [5.74, 6) is 0.